The highest BCUT2D eigenvalue weighted by molar-refractivity contribution is 5.90. The second-order valence-corrected chi connectivity index (χ2v) is 7.67. The Bertz CT molecular complexity index is 815. The smallest absolute Gasteiger partial charge is 0.225 e. The van der Waals surface area contributed by atoms with Crippen molar-refractivity contribution >= 4 is 11.7 Å². The van der Waals surface area contributed by atoms with Crippen molar-refractivity contribution < 1.29 is 9.53 Å². The van der Waals surface area contributed by atoms with Crippen molar-refractivity contribution in [3.63, 3.8) is 0 Å². The quantitative estimate of drug-likeness (QED) is 0.849. The first-order valence-electron chi connectivity index (χ1n) is 9.93. The lowest BCUT2D eigenvalue weighted by Crippen LogP contribution is -2.34. The molecule has 2 aromatic rings. The summed E-state index contributed by atoms with van der Waals surface area (Å²) in [5.74, 6) is 2.58. The lowest BCUT2D eigenvalue weighted by molar-refractivity contribution is -0.117. The van der Waals surface area contributed by atoms with Gasteiger partial charge in [0.15, 0.2) is 0 Å². The molecule has 2 atom stereocenters. The van der Waals surface area contributed by atoms with Crippen LogP contribution in [0.1, 0.15) is 31.7 Å². The molecule has 0 saturated carbocycles. The minimum Gasteiger partial charge on any atom is -0.493 e. The minimum atomic E-state index is 0.0417. The van der Waals surface area contributed by atoms with E-state index in [-0.39, 0.29) is 5.91 Å². The Morgan fingerprint density at radius 1 is 1.37 bits per heavy atom. The predicted molar refractivity (Wildman–Crippen MR) is 107 cm³/mol. The topological polar surface area (TPSA) is 63.2 Å². The number of hydrogen-bond donors (Lipinski definition) is 2. The van der Waals surface area contributed by atoms with E-state index in [1.165, 1.54) is 18.4 Å². The Labute approximate surface area is 160 Å². The maximum absolute atomic E-state index is 12.5. The number of benzene rings is 1. The predicted octanol–water partition coefficient (Wildman–Crippen LogP) is 3.65. The van der Waals surface area contributed by atoms with Gasteiger partial charge in [-0.05, 0) is 73.7 Å². The van der Waals surface area contributed by atoms with Crippen LogP contribution in [0.5, 0.6) is 5.75 Å². The Morgan fingerprint density at radius 2 is 2.30 bits per heavy atom. The van der Waals surface area contributed by atoms with Crippen molar-refractivity contribution in [3.05, 3.63) is 42.0 Å². The van der Waals surface area contributed by atoms with Gasteiger partial charge in [0.2, 0.25) is 5.91 Å². The van der Waals surface area contributed by atoms with Gasteiger partial charge < -0.3 is 15.4 Å². The maximum Gasteiger partial charge on any atom is 0.225 e. The van der Waals surface area contributed by atoms with Gasteiger partial charge in [0.1, 0.15) is 11.6 Å². The number of nitrogens with zero attached hydrogens (tertiary/aromatic N) is 1. The summed E-state index contributed by atoms with van der Waals surface area (Å²) in [6.07, 6.45) is 3.88. The number of ether oxygens (including phenoxy) is 1. The van der Waals surface area contributed by atoms with E-state index in [2.05, 4.69) is 28.6 Å². The fraction of sp³-hybridized carbons (Fsp3) is 0.455. The maximum atomic E-state index is 12.5. The van der Waals surface area contributed by atoms with E-state index in [1.54, 1.807) is 0 Å². The molecule has 0 aliphatic carbocycles. The zero-order chi connectivity index (χ0) is 18.6. The van der Waals surface area contributed by atoms with Crippen LogP contribution in [0.4, 0.5) is 5.82 Å². The molecule has 2 aliphatic heterocycles. The highest BCUT2D eigenvalue weighted by Crippen LogP contribution is 2.30. The zero-order valence-corrected chi connectivity index (χ0v) is 15.8. The van der Waals surface area contributed by atoms with Gasteiger partial charge in [-0.2, -0.15) is 0 Å². The monoisotopic (exact) mass is 365 g/mol. The molecule has 1 amide bonds. The fourth-order valence-electron chi connectivity index (χ4n) is 4.03. The molecular weight excluding hydrogens is 338 g/mol. The average molecular weight is 365 g/mol. The van der Waals surface area contributed by atoms with Crippen molar-refractivity contribution in [3.8, 4) is 17.0 Å². The summed E-state index contributed by atoms with van der Waals surface area (Å²) in [6, 6.07) is 11.9. The van der Waals surface area contributed by atoms with Crippen molar-refractivity contribution in [2.45, 2.75) is 32.6 Å². The number of carbonyl (C=O) groups excluding carboxylic acids is 1. The molecule has 0 spiro atoms. The first kappa shape index (κ1) is 18.0. The molecule has 0 radical (unpaired) electrons. The highest BCUT2D eigenvalue weighted by Gasteiger charge is 2.22. The van der Waals surface area contributed by atoms with Crippen molar-refractivity contribution in [1.29, 1.82) is 0 Å². The van der Waals surface area contributed by atoms with Crippen molar-refractivity contribution in [1.82, 2.24) is 10.3 Å². The molecule has 1 fully saturated rings. The normalized spacial score (nSPS) is 19.8. The number of hydrogen-bond acceptors (Lipinski definition) is 4. The van der Waals surface area contributed by atoms with E-state index in [0.29, 0.717) is 24.1 Å². The van der Waals surface area contributed by atoms with Crippen molar-refractivity contribution in [2.24, 2.45) is 11.8 Å². The summed E-state index contributed by atoms with van der Waals surface area (Å²) in [6.45, 7) is 5.04. The Balaban J connectivity index is 1.41. The summed E-state index contributed by atoms with van der Waals surface area (Å²) >= 11 is 0. The molecule has 1 saturated heterocycles. The number of piperidine rings is 1. The van der Waals surface area contributed by atoms with E-state index in [0.717, 1.165) is 43.1 Å². The zero-order valence-electron chi connectivity index (χ0n) is 15.8. The van der Waals surface area contributed by atoms with Crippen LogP contribution in [0, 0.1) is 11.8 Å². The molecule has 27 heavy (non-hydrogen) atoms. The van der Waals surface area contributed by atoms with Crippen LogP contribution in [-0.4, -0.2) is 30.6 Å². The summed E-state index contributed by atoms with van der Waals surface area (Å²) in [7, 11) is 0. The lowest BCUT2D eigenvalue weighted by Gasteiger charge is -2.27. The van der Waals surface area contributed by atoms with Crippen LogP contribution < -0.4 is 15.4 Å². The van der Waals surface area contributed by atoms with Crippen LogP contribution in [0.2, 0.25) is 0 Å². The number of pyridine rings is 1. The molecule has 2 unspecified atom stereocenters. The molecule has 5 nitrogen and oxygen atoms in total. The van der Waals surface area contributed by atoms with Gasteiger partial charge in [-0.1, -0.05) is 13.0 Å². The van der Waals surface area contributed by atoms with Gasteiger partial charge in [-0.3, -0.25) is 4.79 Å². The molecular formula is C22H27N3O2. The Hall–Kier alpha value is -2.40. The summed E-state index contributed by atoms with van der Waals surface area (Å²) < 4.78 is 5.57. The Kier molecular flexibility index (Phi) is 5.39. The van der Waals surface area contributed by atoms with Crippen LogP contribution in [-0.2, 0) is 11.2 Å². The van der Waals surface area contributed by atoms with Crippen LogP contribution in [0.3, 0.4) is 0 Å². The molecule has 5 heteroatoms. The first-order valence-corrected chi connectivity index (χ1v) is 9.93. The molecule has 2 aliphatic rings. The third-order valence-electron chi connectivity index (χ3n) is 5.65. The molecule has 1 aromatic carbocycles. The molecule has 1 aromatic heterocycles. The third kappa shape index (κ3) is 4.30. The van der Waals surface area contributed by atoms with E-state index in [9.17, 15) is 4.79 Å². The van der Waals surface area contributed by atoms with Gasteiger partial charge in [0.25, 0.3) is 0 Å². The second kappa shape index (κ2) is 8.09. The minimum absolute atomic E-state index is 0.0417. The number of aromatic nitrogens is 1. The molecule has 4 rings (SSSR count). The number of carbonyl (C=O) groups is 1. The second-order valence-electron chi connectivity index (χ2n) is 7.67. The average Bonchev–Trinajstić information content (AvgIpc) is 3.16. The van der Waals surface area contributed by atoms with E-state index < -0.39 is 0 Å². The van der Waals surface area contributed by atoms with Gasteiger partial charge in [0, 0.05) is 18.4 Å². The molecule has 0 bridgehead atoms. The van der Waals surface area contributed by atoms with Crippen LogP contribution in [0.15, 0.2) is 36.4 Å². The highest BCUT2D eigenvalue weighted by atomic mass is 16.5. The standard InChI is InChI=1S/C22H27N3O2/c1-15(18-4-3-10-23-14-18)12-22(26)25-21-6-2-5-19(24-21)16-7-8-20-17(13-16)9-11-27-20/h2,5-8,13,15,18,23H,3-4,9-12,14H2,1H3,(H,24,25,26). The first-order chi connectivity index (χ1) is 13.2. The fourth-order valence-corrected chi connectivity index (χ4v) is 4.03. The molecule has 142 valence electrons. The number of nitrogens with one attached hydrogen (secondary N) is 2. The lowest BCUT2D eigenvalue weighted by atomic mass is 9.85. The molecule has 3 heterocycles. The Morgan fingerprint density at radius 3 is 3.15 bits per heavy atom. The summed E-state index contributed by atoms with van der Waals surface area (Å²) in [5.41, 5.74) is 3.14. The van der Waals surface area contributed by atoms with E-state index in [4.69, 9.17) is 4.74 Å². The van der Waals surface area contributed by atoms with E-state index >= 15 is 0 Å². The largest absolute Gasteiger partial charge is 0.493 e. The number of anilines is 1. The van der Waals surface area contributed by atoms with Gasteiger partial charge in [-0.15, -0.1) is 0 Å². The van der Waals surface area contributed by atoms with Gasteiger partial charge >= 0.3 is 0 Å². The molecule has 2 N–H and O–H groups in total. The van der Waals surface area contributed by atoms with Crippen LogP contribution >= 0.6 is 0 Å². The van der Waals surface area contributed by atoms with Crippen molar-refractivity contribution in [2.75, 3.05) is 25.0 Å². The SMILES string of the molecule is CC(CC(=O)Nc1cccc(-c2ccc3c(c2)CCO3)n1)C1CCCNC1. The van der Waals surface area contributed by atoms with E-state index in [1.807, 2.05) is 30.3 Å². The summed E-state index contributed by atoms with van der Waals surface area (Å²) in [5, 5.41) is 6.41. The number of amides is 1. The number of fused-ring (bicyclic) bond motifs is 1. The van der Waals surface area contributed by atoms with Gasteiger partial charge in [0.05, 0.1) is 12.3 Å². The van der Waals surface area contributed by atoms with Gasteiger partial charge in [-0.25, -0.2) is 4.98 Å². The van der Waals surface area contributed by atoms with Crippen LogP contribution in [0.25, 0.3) is 11.3 Å². The summed E-state index contributed by atoms with van der Waals surface area (Å²) in [4.78, 5) is 17.1. The number of rotatable bonds is 5. The third-order valence-corrected chi connectivity index (χ3v) is 5.65.